The SMILES string of the molecule is CC1CCN(CCNC(C)c2cc(Br)cs2)CC1. The zero-order valence-electron chi connectivity index (χ0n) is 11.3. The number of rotatable bonds is 5. The normalized spacial score (nSPS) is 20.2. The minimum Gasteiger partial charge on any atom is -0.308 e. The van der Waals surface area contributed by atoms with Crippen LogP contribution >= 0.6 is 27.3 Å². The second-order valence-corrected chi connectivity index (χ2v) is 7.23. The van der Waals surface area contributed by atoms with Gasteiger partial charge >= 0.3 is 0 Å². The first kappa shape index (κ1) is 14.5. The Labute approximate surface area is 123 Å². The van der Waals surface area contributed by atoms with Gasteiger partial charge in [0.1, 0.15) is 0 Å². The molecule has 1 aromatic rings. The molecule has 18 heavy (non-hydrogen) atoms. The molecule has 1 atom stereocenters. The van der Waals surface area contributed by atoms with Crippen LogP contribution in [0, 0.1) is 5.92 Å². The number of hydrogen-bond acceptors (Lipinski definition) is 3. The number of likely N-dealkylation sites (tertiary alicyclic amines) is 1. The summed E-state index contributed by atoms with van der Waals surface area (Å²) >= 11 is 5.33. The molecule has 1 saturated heterocycles. The molecule has 1 aliphatic rings. The highest BCUT2D eigenvalue weighted by molar-refractivity contribution is 9.10. The fourth-order valence-electron chi connectivity index (χ4n) is 2.38. The van der Waals surface area contributed by atoms with Gasteiger partial charge in [0.15, 0.2) is 0 Å². The van der Waals surface area contributed by atoms with Crippen molar-refractivity contribution in [1.82, 2.24) is 10.2 Å². The topological polar surface area (TPSA) is 15.3 Å². The first-order valence-electron chi connectivity index (χ1n) is 6.85. The smallest absolute Gasteiger partial charge is 0.0386 e. The lowest BCUT2D eigenvalue weighted by Gasteiger charge is -2.30. The highest BCUT2D eigenvalue weighted by Crippen LogP contribution is 2.25. The molecule has 0 radical (unpaired) electrons. The van der Waals surface area contributed by atoms with Crippen LogP contribution in [0.25, 0.3) is 0 Å². The Kier molecular flexibility index (Phi) is 5.67. The monoisotopic (exact) mass is 330 g/mol. The van der Waals surface area contributed by atoms with Crippen LogP contribution in [0.5, 0.6) is 0 Å². The summed E-state index contributed by atoms with van der Waals surface area (Å²) in [5, 5.41) is 5.77. The van der Waals surface area contributed by atoms with Gasteiger partial charge in [0.25, 0.3) is 0 Å². The molecule has 4 heteroatoms. The van der Waals surface area contributed by atoms with Crippen molar-refractivity contribution in [2.45, 2.75) is 32.7 Å². The molecule has 1 fully saturated rings. The first-order chi connectivity index (χ1) is 8.65. The maximum Gasteiger partial charge on any atom is 0.0386 e. The summed E-state index contributed by atoms with van der Waals surface area (Å²) in [5.74, 6) is 0.927. The van der Waals surface area contributed by atoms with Crippen molar-refractivity contribution in [2.75, 3.05) is 26.2 Å². The molecular formula is C14H23BrN2S. The summed E-state index contributed by atoms with van der Waals surface area (Å²) in [6.07, 6.45) is 2.74. The van der Waals surface area contributed by atoms with Crippen LogP contribution in [0.2, 0.25) is 0 Å². The van der Waals surface area contributed by atoms with Gasteiger partial charge in [-0.05, 0) is 60.8 Å². The first-order valence-corrected chi connectivity index (χ1v) is 8.52. The van der Waals surface area contributed by atoms with Crippen molar-refractivity contribution in [2.24, 2.45) is 5.92 Å². The molecule has 2 rings (SSSR count). The molecule has 1 unspecified atom stereocenters. The van der Waals surface area contributed by atoms with Crippen LogP contribution in [-0.2, 0) is 0 Å². The fourth-order valence-corrected chi connectivity index (χ4v) is 3.86. The summed E-state index contributed by atoms with van der Waals surface area (Å²) in [6, 6.07) is 2.68. The maximum absolute atomic E-state index is 3.62. The third-order valence-electron chi connectivity index (χ3n) is 3.77. The van der Waals surface area contributed by atoms with Crippen LogP contribution in [0.15, 0.2) is 15.9 Å². The second-order valence-electron chi connectivity index (χ2n) is 5.37. The molecule has 2 nitrogen and oxygen atoms in total. The number of nitrogens with zero attached hydrogens (tertiary/aromatic N) is 1. The minimum absolute atomic E-state index is 0.463. The fraction of sp³-hybridized carbons (Fsp3) is 0.714. The van der Waals surface area contributed by atoms with E-state index in [1.807, 2.05) is 11.3 Å². The van der Waals surface area contributed by atoms with E-state index in [2.05, 4.69) is 51.4 Å². The Morgan fingerprint density at radius 1 is 1.50 bits per heavy atom. The lowest BCUT2D eigenvalue weighted by atomic mass is 9.99. The summed E-state index contributed by atoms with van der Waals surface area (Å²) < 4.78 is 1.20. The Morgan fingerprint density at radius 3 is 2.83 bits per heavy atom. The molecule has 0 bridgehead atoms. The Balaban J connectivity index is 1.66. The molecule has 0 saturated carbocycles. The predicted octanol–water partition coefficient (Wildman–Crippen LogP) is 3.89. The summed E-state index contributed by atoms with van der Waals surface area (Å²) in [4.78, 5) is 4.00. The molecule has 2 heterocycles. The van der Waals surface area contributed by atoms with Gasteiger partial charge in [0.2, 0.25) is 0 Å². The molecule has 0 aliphatic carbocycles. The second kappa shape index (κ2) is 7.04. The standard InChI is InChI=1S/C14H23BrN2S/c1-11-3-6-17(7-4-11)8-5-16-12(2)14-9-13(15)10-18-14/h9-12,16H,3-8H2,1-2H3. The molecule has 0 amide bonds. The van der Waals surface area contributed by atoms with E-state index in [4.69, 9.17) is 0 Å². The third kappa shape index (κ3) is 4.34. The van der Waals surface area contributed by atoms with E-state index in [1.54, 1.807) is 0 Å². The largest absolute Gasteiger partial charge is 0.308 e. The van der Waals surface area contributed by atoms with E-state index in [0.717, 1.165) is 12.5 Å². The lowest BCUT2D eigenvalue weighted by molar-refractivity contribution is 0.191. The molecule has 1 aromatic heterocycles. The van der Waals surface area contributed by atoms with Crippen LogP contribution in [0.4, 0.5) is 0 Å². The van der Waals surface area contributed by atoms with Crippen molar-refractivity contribution in [3.8, 4) is 0 Å². The predicted molar refractivity (Wildman–Crippen MR) is 83.3 cm³/mol. The van der Waals surface area contributed by atoms with Crippen molar-refractivity contribution in [3.63, 3.8) is 0 Å². The Bertz CT molecular complexity index is 358. The zero-order chi connectivity index (χ0) is 13.0. The minimum atomic E-state index is 0.463. The molecule has 0 spiro atoms. The van der Waals surface area contributed by atoms with E-state index in [1.165, 1.54) is 41.8 Å². The highest BCUT2D eigenvalue weighted by atomic mass is 79.9. The van der Waals surface area contributed by atoms with Gasteiger partial charge in [0.05, 0.1) is 0 Å². The van der Waals surface area contributed by atoms with E-state index >= 15 is 0 Å². The van der Waals surface area contributed by atoms with Gasteiger partial charge in [-0.1, -0.05) is 6.92 Å². The number of halogens is 1. The van der Waals surface area contributed by atoms with Gasteiger partial charge in [0, 0.05) is 33.9 Å². The van der Waals surface area contributed by atoms with E-state index < -0.39 is 0 Å². The molecule has 1 aliphatic heterocycles. The van der Waals surface area contributed by atoms with Gasteiger partial charge in [-0.3, -0.25) is 0 Å². The van der Waals surface area contributed by atoms with Crippen molar-refractivity contribution >= 4 is 27.3 Å². The van der Waals surface area contributed by atoms with Crippen molar-refractivity contribution < 1.29 is 0 Å². The molecule has 1 N–H and O–H groups in total. The van der Waals surface area contributed by atoms with E-state index in [0.29, 0.717) is 6.04 Å². The van der Waals surface area contributed by atoms with Gasteiger partial charge in [-0.15, -0.1) is 11.3 Å². The lowest BCUT2D eigenvalue weighted by Crippen LogP contribution is -2.38. The van der Waals surface area contributed by atoms with Crippen LogP contribution < -0.4 is 5.32 Å². The zero-order valence-corrected chi connectivity index (χ0v) is 13.7. The highest BCUT2D eigenvalue weighted by Gasteiger charge is 2.15. The van der Waals surface area contributed by atoms with Gasteiger partial charge in [-0.25, -0.2) is 0 Å². The van der Waals surface area contributed by atoms with Crippen LogP contribution in [0.3, 0.4) is 0 Å². The van der Waals surface area contributed by atoms with Crippen molar-refractivity contribution in [1.29, 1.82) is 0 Å². The van der Waals surface area contributed by atoms with Crippen LogP contribution in [0.1, 0.15) is 37.6 Å². The average Bonchev–Trinajstić information content (AvgIpc) is 2.78. The number of nitrogens with one attached hydrogen (secondary N) is 1. The average molecular weight is 331 g/mol. The quantitative estimate of drug-likeness (QED) is 0.880. The molecular weight excluding hydrogens is 308 g/mol. The number of thiophene rings is 1. The van der Waals surface area contributed by atoms with Gasteiger partial charge < -0.3 is 10.2 Å². The molecule has 102 valence electrons. The maximum atomic E-state index is 3.62. The summed E-state index contributed by atoms with van der Waals surface area (Å²) in [7, 11) is 0. The Hall–Kier alpha value is 0.1000. The van der Waals surface area contributed by atoms with Crippen LogP contribution in [-0.4, -0.2) is 31.1 Å². The van der Waals surface area contributed by atoms with E-state index in [9.17, 15) is 0 Å². The summed E-state index contributed by atoms with van der Waals surface area (Å²) in [5.41, 5.74) is 0. The van der Waals surface area contributed by atoms with Gasteiger partial charge in [-0.2, -0.15) is 0 Å². The number of hydrogen-bond donors (Lipinski definition) is 1. The third-order valence-corrected chi connectivity index (χ3v) is 5.65. The van der Waals surface area contributed by atoms with Crippen molar-refractivity contribution in [3.05, 3.63) is 20.8 Å². The summed E-state index contributed by atoms with van der Waals surface area (Å²) in [6.45, 7) is 9.45. The number of piperidine rings is 1. The Morgan fingerprint density at radius 2 is 2.22 bits per heavy atom. The van der Waals surface area contributed by atoms with E-state index in [-0.39, 0.29) is 0 Å². The molecule has 0 aromatic carbocycles.